The highest BCUT2D eigenvalue weighted by molar-refractivity contribution is 5.88. The summed E-state index contributed by atoms with van der Waals surface area (Å²) < 4.78 is 52.7. The minimum absolute atomic E-state index is 0.0204. The normalized spacial score (nSPS) is 15.2. The fourth-order valence-corrected chi connectivity index (χ4v) is 5.18. The standard InChI is InChI=1S/C32H32F3N7O3/c1-3-45-25(43)14-13-22-16-37-29(26-27(20-11-12-20)38-18-39-31(26)44-2)41-28(22)36-15-19-7-9-21(10-8-19)30-40-24(32(33,34)35)17-42(30)23-5-4-6-23/h7-10,13-14,16-18,20,23H,3-6,11-12,15H2,1-2H3,(H,36,37,41)/b14-13+. The van der Waals surface area contributed by atoms with Gasteiger partial charge in [0.1, 0.15) is 23.5 Å². The molecule has 3 heterocycles. The van der Waals surface area contributed by atoms with Crippen molar-refractivity contribution in [2.75, 3.05) is 19.0 Å². The SMILES string of the molecule is CCOC(=O)/C=C/c1cnc(-c2c(OC)ncnc2C2CC2)nc1NCc1ccc(-c2nc(C(F)(F)F)cn2C2CCC2)cc1. The molecule has 1 N–H and O–H groups in total. The van der Waals surface area contributed by atoms with E-state index in [1.807, 2.05) is 12.1 Å². The lowest BCUT2D eigenvalue weighted by atomic mass is 9.92. The van der Waals surface area contributed by atoms with Crippen molar-refractivity contribution < 1.29 is 27.4 Å². The van der Waals surface area contributed by atoms with Gasteiger partial charge in [0.15, 0.2) is 11.5 Å². The Bertz CT molecular complexity index is 1710. The third-order valence-electron chi connectivity index (χ3n) is 7.89. The van der Waals surface area contributed by atoms with Crippen LogP contribution in [0, 0.1) is 0 Å². The number of anilines is 1. The van der Waals surface area contributed by atoms with Crippen LogP contribution in [0.1, 0.15) is 73.5 Å². The molecule has 10 nitrogen and oxygen atoms in total. The molecule has 2 fully saturated rings. The average molecular weight is 620 g/mol. The molecule has 0 saturated heterocycles. The molecule has 13 heteroatoms. The van der Waals surface area contributed by atoms with E-state index in [1.54, 1.807) is 35.9 Å². The number of nitrogens with zero attached hydrogens (tertiary/aromatic N) is 6. The molecule has 6 rings (SSSR count). The first kappa shape index (κ1) is 30.2. The molecule has 234 valence electrons. The maximum absolute atomic E-state index is 13.5. The molecule has 0 unspecified atom stereocenters. The molecule has 0 spiro atoms. The topological polar surface area (TPSA) is 117 Å². The zero-order chi connectivity index (χ0) is 31.6. The third kappa shape index (κ3) is 6.66. The molecule has 0 atom stereocenters. The summed E-state index contributed by atoms with van der Waals surface area (Å²) in [5.74, 6) is 1.30. The number of aromatic nitrogens is 6. The quantitative estimate of drug-likeness (QED) is 0.146. The molecule has 2 saturated carbocycles. The van der Waals surface area contributed by atoms with Crippen LogP contribution in [0.3, 0.4) is 0 Å². The van der Waals surface area contributed by atoms with Crippen LogP contribution in [0.15, 0.2) is 49.1 Å². The summed E-state index contributed by atoms with van der Waals surface area (Å²) in [6, 6.07) is 7.24. The van der Waals surface area contributed by atoms with Crippen LogP contribution >= 0.6 is 0 Å². The fraction of sp³-hybridized carbons (Fsp3) is 0.375. The van der Waals surface area contributed by atoms with E-state index in [-0.39, 0.29) is 18.6 Å². The Labute approximate surface area is 257 Å². The second kappa shape index (κ2) is 12.7. The Kier molecular flexibility index (Phi) is 8.50. The predicted molar refractivity (Wildman–Crippen MR) is 160 cm³/mol. The van der Waals surface area contributed by atoms with Crippen molar-refractivity contribution >= 4 is 17.9 Å². The Morgan fingerprint density at radius 3 is 2.51 bits per heavy atom. The minimum atomic E-state index is -4.52. The summed E-state index contributed by atoms with van der Waals surface area (Å²) in [6.45, 7) is 2.31. The van der Waals surface area contributed by atoms with Gasteiger partial charge in [-0.3, -0.25) is 0 Å². The zero-order valence-electron chi connectivity index (χ0n) is 24.8. The van der Waals surface area contributed by atoms with Crippen molar-refractivity contribution in [1.29, 1.82) is 0 Å². The number of alkyl halides is 3. The van der Waals surface area contributed by atoms with Crippen LogP contribution < -0.4 is 10.1 Å². The number of carbonyl (C=O) groups is 1. The molecule has 0 bridgehead atoms. The smallest absolute Gasteiger partial charge is 0.434 e. The van der Waals surface area contributed by atoms with Gasteiger partial charge in [0.2, 0.25) is 5.88 Å². The molecular weight excluding hydrogens is 587 g/mol. The van der Waals surface area contributed by atoms with Crippen molar-refractivity contribution in [2.45, 2.75) is 63.7 Å². The van der Waals surface area contributed by atoms with Crippen LogP contribution in [-0.4, -0.2) is 49.2 Å². The average Bonchev–Trinajstić information content (AvgIpc) is 3.76. The largest absolute Gasteiger partial charge is 0.480 e. The van der Waals surface area contributed by atoms with Crippen molar-refractivity contribution in [1.82, 2.24) is 29.5 Å². The molecule has 45 heavy (non-hydrogen) atoms. The van der Waals surface area contributed by atoms with Gasteiger partial charge < -0.3 is 19.4 Å². The van der Waals surface area contributed by atoms with E-state index in [4.69, 9.17) is 14.5 Å². The maximum atomic E-state index is 13.5. The van der Waals surface area contributed by atoms with E-state index < -0.39 is 17.8 Å². The Hall–Kier alpha value is -4.81. The Balaban J connectivity index is 1.28. The van der Waals surface area contributed by atoms with Gasteiger partial charge in [0.05, 0.1) is 19.4 Å². The van der Waals surface area contributed by atoms with Gasteiger partial charge in [0, 0.05) is 48.1 Å². The van der Waals surface area contributed by atoms with Crippen LogP contribution in [0.2, 0.25) is 0 Å². The van der Waals surface area contributed by atoms with Crippen LogP contribution in [0.25, 0.3) is 28.9 Å². The first-order chi connectivity index (χ1) is 21.7. The van der Waals surface area contributed by atoms with Gasteiger partial charge in [-0.25, -0.2) is 29.7 Å². The summed E-state index contributed by atoms with van der Waals surface area (Å²) in [6.07, 6.45) is 7.23. The number of methoxy groups -OCH3 is 1. The highest BCUT2D eigenvalue weighted by Crippen LogP contribution is 2.45. The fourth-order valence-electron chi connectivity index (χ4n) is 5.18. The van der Waals surface area contributed by atoms with E-state index >= 15 is 0 Å². The molecule has 4 aromatic rings. The molecular formula is C32H32F3N7O3. The van der Waals surface area contributed by atoms with Crippen LogP contribution in [0.4, 0.5) is 19.0 Å². The summed E-state index contributed by atoms with van der Waals surface area (Å²) in [5.41, 5.74) is 2.57. The lowest BCUT2D eigenvalue weighted by Gasteiger charge is -2.28. The van der Waals surface area contributed by atoms with Crippen molar-refractivity contribution in [2.24, 2.45) is 0 Å². The molecule has 2 aliphatic rings. The number of hydrogen-bond donors (Lipinski definition) is 1. The van der Waals surface area contributed by atoms with Crippen molar-refractivity contribution in [3.63, 3.8) is 0 Å². The van der Waals surface area contributed by atoms with Crippen molar-refractivity contribution in [3.8, 4) is 28.7 Å². The van der Waals surface area contributed by atoms with Gasteiger partial charge in [-0.15, -0.1) is 0 Å². The number of carbonyl (C=O) groups excluding carboxylic acids is 1. The first-order valence-corrected chi connectivity index (χ1v) is 14.9. The molecule has 0 amide bonds. The maximum Gasteiger partial charge on any atom is 0.434 e. The number of imidazole rings is 1. The lowest BCUT2D eigenvalue weighted by Crippen LogP contribution is -2.17. The number of benzene rings is 1. The predicted octanol–water partition coefficient (Wildman–Crippen LogP) is 6.62. The van der Waals surface area contributed by atoms with Gasteiger partial charge >= 0.3 is 12.1 Å². The van der Waals surface area contributed by atoms with Gasteiger partial charge in [-0.1, -0.05) is 24.3 Å². The van der Waals surface area contributed by atoms with Gasteiger partial charge in [0.25, 0.3) is 0 Å². The van der Waals surface area contributed by atoms with E-state index in [1.165, 1.54) is 19.5 Å². The molecule has 2 aliphatic carbocycles. The summed E-state index contributed by atoms with van der Waals surface area (Å²) >= 11 is 0. The molecule has 0 radical (unpaired) electrons. The number of hydrogen-bond acceptors (Lipinski definition) is 9. The Morgan fingerprint density at radius 2 is 1.87 bits per heavy atom. The van der Waals surface area contributed by atoms with E-state index in [9.17, 15) is 18.0 Å². The highest BCUT2D eigenvalue weighted by atomic mass is 19.4. The summed E-state index contributed by atoms with van der Waals surface area (Å²) in [7, 11) is 1.53. The van der Waals surface area contributed by atoms with Gasteiger partial charge in [-0.05, 0) is 50.7 Å². The van der Waals surface area contributed by atoms with Crippen molar-refractivity contribution in [3.05, 3.63) is 71.6 Å². The molecule has 0 aliphatic heterocycles. The van der Waals surface area contributed by atoms with E-state index in [2.05, 4.69) is 25.3 Å². The number of nitrogens with one attached hydrogen (secondary N) is 1. The molecule has 1 aromatic carbocycles. The highest BCUT2D eigenvalue weighted by Gasteiger charge is 2.36. The number of ether oxygens (including phenoxy) is 2. The zero-order valence-corrected chi connectivity index (χ0v) is 24.8. The third-order valence-corrected chi connectivity index (χ3v) is 7.89. The number of halogens is 3. The van der Waals surface area contributed by atoms with Gasteiger partial charge in [-0.2, -0.15) is 13.2 Å². The summed E-state index contributed by atoms with van der Waals surface area (Å²) in [5, 5.41) is 3.32. The second-order valence-electron chi connectivity index (χ2n) is 11.0. The monoisotopic (exact) mass is 619 g/mol. The Morgan fingerprint density at radius 1 is 1.09 bits per heavy atom. The minimum Gasteiger partial charge on any atom is -0.480 e. The number of rotatable bonds is 11. The first-order valence-electron chi connectivity index (χ1n) is 14.9. The van der Waals surface area contributed by atoms with Crippen LogP contribution in [-0.2, 0) is 22.3 Å². The second-order valence-corrected chi connectivity index (χ2v) is 11.0. The number of esters is 1. The van der Waals surface area contributed by atoms with E-state index in [0.29, 0.717) is 46.6 Å². The summed E-state index contributed by atoms with van der Waals surface area (Å²) in [4.78, 5) is 34.1. The van der Waals surface area contributed by atoms with Crippen LogP contribution in [0.5, 0.6) is 5.88 Å². The molecule has 3 aromatic heterocycles. The lowest BCUT2D eigenvalue weighted by molar-refractivity contribution is -0.141. The van der Waals surface area contributed by atoms with E-state index in [0.717, 1.165) is 49.6 Å².